The van der Waals surface area contributed by atoms with E-state index in [1.54, 1.807) is 30.3 Å². The van der Waals surface area contributed by atoms with Gasteiger partial charge in [-0.3, -0.25) is 0 Å². The fourth-order valence-corrected chi connectivity index (χ4v) is 1.70. The van der Waals surface area contributed by atoms with E-state index in [9.17, 15) is 4.79 Å². The summed E-state index contributed by atoms with van der Waals surface area (Å²) < 4.78 is 16.2. The Morgan fingerprint density at radius 1 is 0.950 bits per heavy atom. The van der Waals surface area contributed by atoms with Gasteiger partial charge < -0.3 is 19.3 Å². The topological polar surface area (TPSA) is 65.0 Å². The van der Waals surface area contributed by atoms with Crippen LogP contribution in [0.3, 0.4) is 0 Å². The van der Waals surface area contributed by atoms with Gasteiger partial charge in [-0.15, -0.1) is 0 Å². The Morgan fingerprint density at radius 3 is 1.95 bits per heavy atom. The van der Waals surface area contributed by atoms with Gasteiger partial charge in [-0.2, -0.15) is 0 Å². The van der Waals surface area contributed by atoms with Crippen LogP contribution in [0.25, 0.3) is 0 Å². The zero-order chi connectivity index (χ0) is 14.5. The van der Waals surface area contributed by atoms with Crippen LogP contribution in [0.4, 0.5) is 0 Å². The molecule has 5 heteroatoms. The Kier molecular flexibility index (Phi) is 4.10. The first-order valence-corrected chi connectivity index (χ1v) is 5.88. The van der Waals surface area contributed by atoms with E-state index < -0.39 is 5.97 Å². The number of carboxylic acid groups (broad SMARTS) is 1. The number of aromatic carboxylic acids is 1. The molecule has 0 spiro atoms. The molecule has 5 nitrogen and oxygen atoms in total. The van der Waals surface area contributed by atoms with Crippen molar-refractivity contribution in [2.75, 3.05) is 14.2 Å². The van der Waals surface area contributed by atoms with Crippen LogP contribution in [-0.2, 0) is 0 Å². The van der Waals surface area contributed by atoms with Crippen molar-refractivity contribution < 1.29 is 24.1 Å². The van der Waals surface area contributed by atoms with Gasteiger partial charge in [0, 0.05) is 0 Å². The van der Waals surface area contributed by atoms with Crippen LogP contribution in [0.2, 0.25) is 0 Å². The van der Waals surface area contributed by atoms with E-state index in [-0.39, 0.29) is 5.56 Å². The maximum atomic E-state index is 10.8. The number of benzene rings is 2. The summed E-state index contributed by atoms with van der Waals surface area (Å²) in [6.45, 7) is 0. The summed E-state index contributed by atoms with van der Waals surface area (Å²) in [6.07, 6.45) is 0. The zero-order valence-corrected chi connectivity index (χ0v) is 11.1. The lowest BCUT2D eigenvalue weighted by Crippen LogP contribution is -1.97. The molecule has 0 heterocycles. The number of carboxylic acids is 1. The van der Waals surface area contributed by atoms with Crippen LogP contribution in [0.15, 0.2) is 42.5 Å². The number of ether oxygens (including phenoxy) is 3. The molecule has 0 aromatic heterocycles. The van der Waals surface area contributed by atoms with Crippen LogP contribution in [-0.4, -0.2) is 25.3 Å². The van der Waals surface area contributed by atoms with Gasteiger partial charge in [0.05, 0.1) is 19.8 Å². The van der Waals surface area contributed by atoms with Gasteiger partial charge >= 0.3 is 5.97 Å². The van der Waals surface area contributed by atoms with E-state index in [1.165, 1.54) is 26.4 Å². The molecule has 1 N–H and O–H groups in total. The molecular weight excluding hydrogens is 260 g/mol. The summed E-state index contributed by atoms with van der Waals surface area (Å²) in [7, 11) is 3.07. The molecule has 0 amide bonds. The zero-order valence-electron chi connectivity index (χ0n) is 11.1. The van der Waals surface area contributed by atoms with E-state index in [0.717, 1.165) is 0 Å². The molecule has 0 saturated heterocycles. The van der Waals surface area contributed by atoms with Crippen LogP contribution in [0, 0.1) is 0 Å². The first-order chi connectivity index (χ1) is 9.65. The molecule has 20 heavy (non-hydrogen) atoms. The summed E-state index contributed by atoms with van der Waals surface area (Å²) >= 11 is 0. The summed E-state index contributed by atoms with van der Waals surface area (Å²) in [6, 6.07) is 11.4. The number of rotatable bonds is 5. The minimum atomic E-state index is -0.980. The maximum absolute atomic E-state index is 10.8. The summed E-state index contributed by atoms with van der Waals surface area (Å²) in [5, 5.41) is 8.85. The molecule has 0 fully saturated rings. The molecule has 2 rings (SSSR count). The highest BCUT2D eigenvalue weighted by molar-refractivity contribution is 5.87. The van der Waals surface area contributed by atoms with Gasteiger partial charge in [0.1, 0.15) is 5.75 Å². The van der Waals surface area contributed by atoms with Crippen LogP contribution in [0.1, 0.15) is 10.4 Å². The summed E-state index contributed by atoms with van der Waals surface area (Å²) in [4.78, 5) is 10.8. The van der Waals surface area contributed by atoms with Crippen molar-refractivity contribution in [3.8, 4) is 23.0 Å². The SMILES string of the molecule is COc1cccc(OC)c1Oc1ccc(C(=O)O)cc1. The quantitative estimate of drug-likeness (QED) is 0.907. The second-order valence-electron chi connectivity index (χ2n) is 3.92. The average Bonchev–Trinajstić information content (AvgIpc) is 2.48. The Labute approximate surface area is 116 Å². The third-order valence-corrected chi connectivity index (χ3v) is 2.70. The second-order valence-corrected chi connectivity index (χ2v) is 3.92. The van der Waals surface area contributed by atoms with Gasteiger partial charge in [0.2, 0.25) is 5.75 Å². The fourth-order valence-electron chi connectivity index (χ4n) is 1.70. The van der Waals surface area contributed by atoms with Gasteiger partial charge in [-0.25, -0.2) is 4.79 Å². The first-order valence-electron chi connectivity index (χ1n) is 5.88. The Hall–Kier alpha value is -2.69. The molecule has 0 aliphatic heterocycles. The van der Waals surface area contributed by atoms with E-state index in [4.69, 9.17) is 19.3 Å². The molecule has 0 saturated carbocycles. The van der Waals surface area contributed by atoms with Crippen molar-refractivity contribution in [2.24, 2.45) is 0 Å². The lowest BCUT2D eigenvalue weighted by Gasteiger charge is -2.13. The lowest BCUT2D eigenvalue weighted by molar-refractivity contribution is 0.0697. The smallest absolute Gasteiger partial charge is 0.335 e. The number of methoxy groups -OCH3 is 2. The van der Waals surface area contributed by atoms with Gasteiger partial charge in [-0.05, 0) is 36.4 Å². The number of hydrogen-bond acceptors (Lipinski definition) is 4. The molecule has 0 aliphatic carbocycles. The molecule has 0 unspecified atom stereocenters. The van der Waals surface area contributed by atoms with E-state index in [0.29, 0.717) is 23.0 Å². The maximum Gasteiger partial charge on any atom is 0.335 e. The lowest BCUT2D eigenvalue weighted by atomic mass is 10.2. The normalized spacial score (nSPS) is 9.90. The molecule has 0 bridgehead atoms. The minimum Gasteiger partial charge on any atom is -0.493 e. The molecule has 2 aromatic carbocycles. The minimum absolute atomic E-state index is 0.198. The third kappa shape index (κ3) is 2.83. The molecular formula is C15H14O5. The van der Waals surface area contributed by atoms with Crippen molar-refractivity contribution in [3.05, 3.63) is 48.0 Å². The second kappa shape index (κ2) is 5.97. The Balaban J connectivity index is 2.31. The molecule has 0 aliphatic rings. The van der Waals surface area contributed by atoms with Crippen molar-refractivity contribution in [2.45, 2.75) is 0 Å². The molecule has 0 atom stereocenters. The summed E-state index contributed by atoms with van der Waals surface area (Å²) in [5.74, 6) is 1.03. The van der Waals surface area contributed by atoms with Crippen molar-refractivity contribution >= 4 is 5.97 Å². The van der Waals surface area contributed by atoms with E-state index in [2.05, 4.69) is 0 Å². The van der Waals surface area contributed by atoms with Crippen LogP contribution in [0.5, 0.6) is 23.0 Å². The predicted octanol–water partition coefficient (Wildman–Crippen LogP) is 3.19. The van der Waals surface area contributed by atoms with Gasteiger partial charge in [-0.1, -0.05) is 6.07 Å². The largest absolute Gasteiger partial charge is 0.493 e. The predicted molar refractivity (Wildman–Crippen MR) is 73.0 cm³/mol. The van der Waals surface area contributed by atoms with E-state index >= 15 is 0 Å². The van der Waals surface area contributed by atoms with Gasteiger partial charge in [0.15, 0.2) is 11.5 Å². The molecule has 2 aromatic rings. The van der Waals surface area contributed by atoms with Crippen LogP contribution >= 0.6 is 0 Å². The van der Waals surface area contributed by atoms with E-state index in [1.807, 2.05) is 0 Å². The standard InChI is InChI=1S/C15H14O5/c1-18-12-4-3-5-13(19-2)14(12)20-11-8-6-10(7-9-11)15(16)17/h3-9H,1-2H3,(H,16,17). The van der Waals surface area contributed by atoms with Gasteiger partial charge in [0.25, 0.3) is 0 Å². The number of para-hydroxylation sites is 1. The molecule has 104 valence electrons. The number of carbonyl (C=O) groups is 1. The van der Waals surface area contributed by atoms with Crippen molar-refractivity contribution in [1.29, 1.82) is 0 Å². The van der Waals surface area contributed by atoms with Crippen LogP contribution < -0.4 is 14.2 Å². The Bertz CT molecular complexity index is 582. The highest BCUT2D eigenvalue weighted by Crippen LogP contribution is 2.39. The third-order valence-electron chi connectivity index (χ3n) is 2.70. The van der Waals surface area contributed by atoms with Crippen molar-refractivity contribution in [3.63, 3.8) is 0 Å². The number of hydrogen-bond donors (Lipinski definition) is 1. The first kappa shape index (κ1) is 13.7. The fraction of sp³-hybridized carbons (Fsp3) is 0.133. The molecule has 0 radical (unpaired) electrons. The average molecular weight is 274 g/mol. The Morgan fingerprint density at radius 2 is 1.50 bits per heavy atom. The monoisotopic (exact) mass is 274 g/mol. The highest BCUT2D eigenvalue weighted by atomic mass is 16.5. The highest BCUT2D eigenvalue weighted by Gasteiger charge is 2.12. The van der Waals surface area contributed by atoms with Crippen molar-refractivity contribution in [1.82, 2.24) is 0 Å². The summed E-state index contributed by atoms with van der Waals surface area (Å²) in [5.41, 5.74) is 0.198.